The first-order valence-corrected chi connectivity index (χ1v) is 9.03. The molecular weight excluding hydrogens is 336 g/mol. The Kier molecular flexibility index (Phi) is 8.01. The zero-order chi connectivity index (χ0) is 17.9. The van der Waals surface area contributed by atoms with Crippen LogP contribution in [0.25, 0.3) is 0 Å². The maximum atomic E-state index is 12.3. The number of methoxy groups -OCH3 is 1. The van der Waals surface area contributed by atoms with Gasteiger partial charge in [0.2, 0.25) is 5.91 Å². The van der Waals surface area contributed by atoms with Crippen molar-refractivity contribution in [2.24, 2.45) is 0 Å². The molecule has 132 valence electrons. The van der Waals surface area contributed by atoms with E-state index in [1.807, 2.05) is 30.3 Å². The number of hydrogen-bond acceptors (Lipinski definition) is 4. The molecule has 0 aliphatic carbocycles. The van der Waals surface area contributed by atoms with Gasteiger partial charge in [-0.2, -0.15) is 0 Å². The molecule has 2 aromatic rings. The molecule has 5 nitrogen and oxygen atoms in total. The number of hydrogen-bond donors (Lipinski definition) is 2. The standard InChI is InChI=1S/C19H22N2O3S/c1-24-13-7-12-20-19(23)16-10-5-6-11-17(16)21-18(22)14-25-15-8-3-2-4-9-15/h2-6,8-11H,7,12-14H2,1H3,(H,20,23)(H,21,22). The lowest BCUT2D eigenvalue weighted by Crippen LogP contribution is -2.27. The van der Waals surface area contributed by atoms with Crippen molar-refractivity contribution in [3.63, 3.8) is 0 Å². The van der Waals surface area contributed by atoms with E-state index >= 15 is 0 Å². The fourth-order valence-corrected chi connectivity index (χ4v) is 2.88. The van der Waals surface area contributed by atoms with Crippen LogP contribution in [-0.2, 0) is 9.53 Å². The number of amides is 2. The Bertz CT molecular complexity index is 692. The molecular formula is C19H22N2O3S. The zero-order valence-electron chi connectivity index (χ0n) is 14.2. The molecule has 0 bridgehead atoms. The van der Waals surface area contributed by atoms with Crippen LogP contribution < -0.4 is 10.6 Å². The van der Waals surface area contributed by atoms with Crippen molar-refractivity contribution in [1.82, 2.24) is 5.32 Å². The van der Waals surface area contributed by atoms with Gasteiger partial charge in [-0.25, -0.2) is 0 Å². The lowest BCUT2D eigenvalue weighted by atomic mass is 10.1. The molecule has 0 heterocycles. The average molecular weight is 358 g/mol. The summed E-state index contributed by atoms with van der Waals surface area (Å²) >= 11 is 1.45. The van der Waals surface area contributed by atoms with Gasteiger partial charge >= 0.3 is 0 Å². The van der Waals surface area contributed by atoms with Crippen LogP contribution in [-0.4, -0.2) is 37.8 Å². The lowest BCUT2D eigenvalue weighted by Gasteiger charge is -2.11. The van der Waals surface area contributed by atoms with Crippen LogP contribution in [0.3, 0.4) is 0 Å². The molecule has 0 aromatic heterocycles. The molecule has 2 aromatic carbocycles. The van der Waals surface area contributed by atoms with E-state index in [2.05, 4.69) is 10.6 Å². The monoisotopic (exact) mass is 358 g/mol. The Labute approximate surface area is 152 Å². The molecule has 2 N–H and O–H groups in total. The third-order valence-corrected chi connectivity index (χ3v) is 4.38. The highest BCUT2D eigenvalue weighted by atomic mass is 32.2. The third-order valence-electron chi connectivity index (χ3n) is 3.37. The van der Waals surface area contributed by atoms with Gasteiger partial charge in [0.1, 0.15) is 0 Å². The highest BCUT2D eigenvalue weighted by Crippen LogP contribution is 2.19. The number of rotatable bonds is 9. The van der Waals surface area contributed by atoms with Crippen molar-refractivity contribution in [3.8, 4) is 0 Å². The van der Waals surface area contributed by atoms with E-state index < -0.39 is 0 Å². The summed E-state index contributed by atoms with van der Waals surface area (Å²) in [7, 11) is 1.63. The molecule has 0 saturated carbocycles. The smallest absolute Gasteiger partial charge is 0.253 e. The molecule has 0 spiro atoms. The summed E-state index contributed by atoms with van der Waals surface area (Å²) in [5.41, 5.74) is 0.975. The number of ether oxygens (including phenoxy) is 1. The second-order valence-corrected chi connectivity index (χ2v) is 6.35. The van der Waals surface area contributed by atoms with Crippen molar-refractivity contribution in [3.05, 3.63) is 60.2 Å². The van der Waals surface area contributed by atoms with Crippen molar-refractivity contribution in [2.75, 3.05) is 31.3 Å². The predicted octanol–water partition coefficient (Wildman–Crippen LogP) is 3.18. The normalized spacial score (nSPS) is 10.3. The number of nitrogens with one attached hydrogen (secondary N) is 2. The Morgan fingerprint density at radius 1 is 1.04 bits per heavy atom. The van der Waals surface area contributed by atoms with Gasteiger partial charge in [-0.1, -0.05) is 30.3 Å². The molecule has 0 radical (unpaired) electrons. The van der Waals surface area contributed by atoms with E-state index in [0.29, 0.717) is 24.4 Å². The van der Waals surface area contributed by atoms with Gasteiger partial charge in [0.05, 0.1) is 17.0 Å². The van der Waals surface area contributed by atoms with Crippen molar-refractivity contribution < 1.29 is 14.3 Å². The first kappa shape index (κ1) is 19.0. The number of benzene rings is 2. The summed E-state index contributed by atoms with van der Waals surface area (Å²) in [4.78, 5) is 25.5. The van der Waals surface area contributed by atoms with E-state index in [-0.39, 0.29) is 17.6 Å². The van der Waals surface area contributed by atoms with Crippen LogP contribution in [0.1, 0.15) is 16.8 Å². The molecule has 0 saturated heterocycles. The van der Waals surface area contributed by atoms with Crippen LogP contribution in [0.15, 0.2) is 59.5 Å². The molecule has 0 unspecified atom stereocenters. The second kappa shape index (κ2) is 10.5. The third kappa shape index (κ3) is 6.60. The fourth-order valence-electron chi connectivity index (χ4n) is 2.16. The average Bonchev–Trinajstić information content (AvgIpc) is 2.65. The molecule has 0 fully saturated rings. The largest absolute Gasteiger partial charge is 0.385 e. The van der Waals surface area contributed by atoms with Crippen LogP contribution in [0, 0.1) is 0 Å². The van der Waals surface area contributed by atoms with Crippen LogP contribution in [0.4, 0.5) is 5.69 Å². The Hall–Kier alpha value is -2.31. The van der Waals surface area contributed by atoms with E-state index in [1.165, 1.54) is 11.8 Å². The molecule has 6 heteroatoms. The molecule has 0 aliphatic rings. The maximum absolute atomic E-state index is 12.3. The maximum Gasteiger partial charge on any atom is 0.253 e. The minimum absolute atomic E-state index is 0.145. The first-order valence-electron chi connectivity index (χ1n) is 8.04. The van der Waals surface area contributed by atoms with Gasteiger partial charge < -0.3 is 15.4 Å². The summed E-state index contributed by atoms with van der Waals surface area (Å²) in [6.07, 6.45) is 0.741. The van der Waals surface area contributed by atoms with Gasteiger partial charge in [0.25, 0.3) is 5.91 Å². The molecule has 2 amide bonds. The van der Waals surface area contributed by atoms with E-state index in [0.717, 1.165) is 11.3 Å². The Balaban J connectivity index is 1.90. The van der Waals surface area contributed by atoms with Crippen molar-refractivity contribution >= 4 is 29.3 Å². The van der Waals surface area contributed by atoms with Gasteiger partial charge in [0.15, 0.2) is 0 Å². The summed E-state index contributed by atoms with van der Waals surface area (Å²) in [5.74, 6) is -0.0652. The summed E-state index contributed by atoms with van der Waals surface area (Å²) in [5, 5.41) is 5.65. The van der Waals surface area contributed by atoms with Gasteiger partial charge in [-0.05, 0) is 30.7 Å². The van der Waals surface area contributed by atoms with E-state index in [9.17, 15) is 9.59 Å². The van der Waals surface area contributed by atoms with E-state index in [4.69, 9.17) is 4.74 Å². The Morgan fingerprint density at radius 2 is 1.76 bits per heavy atom. The highest BCUT2D eigenvalue weighted by molar-refractivity contribution is 8.00. The SMILES string of the molecule is COCCCNC(=O)c1ccccc1NC(=O)CSc1ccccc1. The van der Waals surface area contributed by atoms with E-state index in [1.54, 1.807) is 31.4 Å². The number of para-hydroxylation sites is 1. The molecule has 25 heavy (non-hydrogen) atoms. The van der Waals surface area contributed by atoms with Crippen LogP contribution in [0.2, 0.25) is 0 Å². The van der Waals surface area contributed by atoms with Crippen molar-refractivity contribution in [2.45, 2.75) is 11.3 Å². The van der Waals surface area contributed by atoms with Gasteiger partial charge in [-0.3, -0.25) is 9.59 Å². The van der Waals surface area contributed by atoms with Crippen LogP contribution >= 0.6 is 11.8 Å². The molecule has 0 aliphatic heterocycles. The number of carbonyl (C=O) groups excluding carboxylic acids is 2. The second-order valence-electron chi connectivity index (χ2n) is 5.30. The molecule has 0 atom stereocenters. The summed E-state index contributed by atoms with van der Waals surface area (Å²) < 4.78 is 4.96. The lowest BCUT2D eigenvalue weighted by molar-refractivity contribution is -0.113. The summed E-state index contributed by atoms with van der Waals surface area (Å²) in [6.45, 7) is 1.12. The molecule has 2 rings (SSSR count). The minimum atomic E-state index is -0.206. The highest BCUT2D eigenvalue weighted by Gasteiger charge is 2.12. The summed E-state index contributed by atoms with van der Waals surface area (Å²) in [6, 6.07) is 16.7. The van der Waals surface area contributed by atoms with Crippen LogP contribution in [0.5, 0.6) is 0 Å². The predicted molar refractivity (Wildman–Crippen MR) is 101 cm³/mol. The van der Waals surface area contributed by atoms with Gasteiger partial charge in [-0.15, -0.1) is 11.8 Å². The van der Waals surface area contributed by atoms with Gasteiger partial charge in [0, 0.05) is 25.2 Å². The number of thioether (sulfide) groups is 1. The fraction of sp³-hybridized carbons (Fsp3) is 0.263. The number of carbonyl (C=O) groups is 2. The number of anilines is 1. The topological polar surface area (TPSA) is 67.4 Å². The zero-order valence-corrected chi connectivity index (χ0v) is 15.0. The van der Waals surface area contributed by atoms with Crippen molar-refractivity contribution in [1.29, 1.82) is 0 Å². The first-order chi connectivity index (χ1) is 12.2. The Morgan fingerprint density at radius 3 is 2.52 bits per heavy atom. The minimum Gasteiger partial charge on any atom is -0.385 e. The quantitative estimate of drug-likeness (QED) is 0.534.